The molecule has 0 spiro atoms. The van der Waals surface area contributed by atoms with Crippen LogP contribution in [-0.4, -0.2) is 51.4 Å². The normalized spacial score (nSPS) is 22.1. The summed E-state index contributed by atoms with van der Waals surface area (Å²) in [5, 5.41) is 7.54. The van der Waals surface area contributed by atoms with Gasteiger partial charge in [0.25, 0.3) is 5.91 Å². The summed E-state index contributed by atoms with van der Waals surface area (Å²) < 4.78 is 17.8. The van der Waals surface area contributed by atoms with E-state index in [0.717, 1.165) is 72.4 Å². The fourth-order valence-corrected chi connectivity index (χ4v) is 7.95. The van der Waals surface area contributed by atoms with Crippen LogP contribution in [0.15, 0.2) is 47.9 Å². The zero-order valence-electron chi connectivity index (χ0n) is 28.2. The molecule has 4 aliphatic rings. The van der Waals surface area contributed by atoms with Crippen molar-refractivity contribution in [1.29, 1.82) is 0 Å². The highest BCUT2D eigenvalue weighted by atomic mass is 19.1. The van der Waals surface area contributed by atoms with Gasteiger partial charge in [0.05, 0.1) is 29.2 Å². The minimum Gasteiger partial charge on any atom is -0.319 e. The monoisotopic (exact) mass is 626 g/mol. The molecule has 0 radical (unpaired) electrons. The van der Waals surface area contributed by atoms with Gasteiger partial charge in [-0.1, -0.05) is 52.0 Å². The molecular weight excluding hydrogens is 575 g/mol. The zero-order chi connectivity index (χ0) is 32.4. The summed E-state index contributed by atoms with van der Waals surface area (Å²) in [6.07, 6.45) is 18.7. The number of rotatable bonds is 5. The molecule has 3 aromatic rings. The van der Waals surface area contributed by atoms with Crippen molar-refractivity contribution in [3.05, 3.63) is 76.6 Å². The van der Waals surface area contributed by atoms with Gasteiger partial charge < -0.3 is 10.2 Å². The van der Waals surface area contributed by atoms with E-state index in [4.69, 9.17) is 4.99 Å². The van der Waals surface area contributed by atoms with Crippen LogP contribution in [0, 0.1) is 11.7 Å². The molecule has 2 aliphatic heterocycles. The van der Waals surface area contributed by atoms with Crippen molar-refractivity contribution in [1.82, 2.24) is 19.7 Å². The number of carbonyl (C=O) groups is 1. The third-order valence-electron chi connectivity index (χ3n) is 10.8. The van der Waals surface area contributed by atoms with E-state index in [2.05, 4.69) is 53.3 Å². The number of aromatic nitrogens is 3. The number of hydrogen-bond donors (Lipinski definition) is 1. The standard InChI is InChI=1S/C36H43FN6O.C2H6.H2/c1-23-36(2,26-9-7-5-4-6-8-10-26)31-18-24(19-32(37)34(31)40-23)29-11-12-33-30(29)17-25(20-38-33)35(44)41-27-21-39-43(22-27)28-13-15-42(3)16-14-28;1-2;/h11,17-22,26,28H,4-10,12-16H2,1-3H3,(H,41,44);1-2H3;1H. The van der Waals surface area contributed by atoms with E-state index in [1.807, 2.05) is 30.8 Å². The van der Waals surface area contributed by atoms with E-state index >= 15 is 4.39 Å². The number of piperidine rings is 1. The number of nitrogens with one attached hydrogen (secondary N) is 1. The summed E-state index contributed by atoms with van der Waals surface area (Å²) in [5.41, 5.74) is 6.97. The predicted molar refractivity (Wildman–Crippen MR) is 187 cm³/mol. The van der Waals surface area contributed by atoms with Gasteiger partial charge in [0, 0.05) is 36.9 Å². The minimum atomic E-state index is -0.274. The topological polar surface area (TPSA) is 75.4 Å². The Morgan fingerprint density at radius 1 is 1.02 bits per heavy atom. The first-order valence-electron chi connectivity index (χ1n) is 17.4. The Kier molecular flexibility index (Phi) is 9.55. The Bertz CT molecular complexity index is 1650. The van der Waals surface area contributed by atoms with Gasteiger partial charge in [0.1, 0.15) is 11.5 Å². The van der Waals surface area contributed by atoms with Crippen molar-refractivity contribution < 1.29 is 10.6 Å². The molecule has 7 nitrogen and oxygen atoms in total. The molecule has 1 N–H and O–H groups in total. The fourth-order valence-electron chi connectivity index (χ4n) is 7.95. The second kappa shape index (κ2) is 13.6. The molecule has 1 saturated carbocycles. The first-order valence-corrected chi connectivity index (χ1v) is 17.4. The third-order valence-corrected chi connectivity index (χ3v) is 10.8. The van der Waals surface area contributed by atoms with Gasteiger partial charge in [-0.3, -0.25) is 19.5 Å². The molecule has 8 heteroatoms. The van der Waals surface area contributed by atoms with Crippen molar-refractivity contribution in [3.63, 3.8) is 0 Å². The van der Waals surface area contributed by atoms with Crippen molar-refractivity contribution in [2.45, 2.75) is 103 Å². The van der Waals surface area contributed by atoms with E-state index in [0.29, 0.717) is 35.3 Å². The van der Waals surface area contributed by atoms with Crippen LogP contribution in [0.5, 0.6) is 0 Å². The maximum Gasteiger partial charge on any atom is 0.257 e. The van der Waals surface area contributed by atoms with E-state index in [-0.39, 0.29) is 18.6 Å². The second-order valence-corrected chi connectivity index (χ2v) is 13.5. The molecule has 0 bridgehead atoms. The third kappa shape index (κ3) is 6.08. The van der Waals surface area contributed by atoms with E-state index in [9.17, 15) is 4.79 Å². The first kappa shape index (κ1) is 32.3. The van der Waals surface area contributed by atoms with Crippen molar-refractivity contribution in [3.8, 4) is 0 Å². The van der Waals surface area contributed by atoms with E-state index in [1.165, 1.54) is 32.1 Å². The molecular formula is C38H51FN6O. The molecule has 7 rings (SSSR count). The summed E-state index contributed by atoms with van der Waals surface area (Å²) in [7, 11) is 2.14. The summed E-state index contributed by atoms with van der Waals surface area (Å²) >= 11 is 0. The number of carbonyl (C=O) groups excluding carboxylic acids is 1. The summed E-state index contributed by atoms with van der Waals surface area (Å²) in [6, 6.07) is 6.04. The highest BCUT2D eigenvalue weighted by Gasteiger charge is 2.44. The van der Waals surface area contributed by atoms with Crippen LogP contribution in [0.1, 0.15) is 126 Å². The second-order valence-electron chi connectivity index (χ2n) is 13.5. The highest BCUT2D eigenvalue weighted by molar-refractivity contribution is 6.05. The van der Waals surface area contributed by atoms with Gasteiger partial charge in [-0.05, 0) is 100 Å². The number of allylic oxidation sites excluding steroid dienone is 1. The number of amides is 1. The maximum absolute atomic E-state index is 15.8. The van der Waals surface area contributed by atoms with E-state index < -0.39 is 0 Å². The van der Waals surface area contributed by atoms with Gasteiger partial charge >= 0.3 is 0 Å². The molecule has 1 saturated heterocycles. The molecule has 2 fully saturated rings. The molecule has 4 heterocycles. The van der Waals surface area contributed by atoms with Gasteiger partial charge in [-0.15, -0.1) is 0 Å². The molecule has 2 aromatic heterocycles. The summed E-state index contributed by atoms with van der Waals surface area (Å²) in [6.45, 7) is 10.4. The lowest BCUT2D eigenvalue weighted by Gasteiger charge is -2.37. The Labute approximate surface area is 274 Å². The average molecular weight is 627 g/mol. The molecule has 1 amide bonds. The lowest BCUT2D eigenvalue weighted by atomic mass is 9.65. The maximum atomic E-state index is 15.8. The van der Waals surface area contributed by atoms with Gasteiger partial charge in [0.15, 0.2) is 0 Å². The number of nitrogens with zero attached hydrogens (tertiary/aromatic N) is 5. The predicted octanol–water partition coefficient (Wildman–Crippen LogP) is 8.92. The van der Waals surface area contributed by atoms with Crippen molar-refractivity contribution in [2.75, 3.05) is 25.5 Å². The molecule has 1 unspecified atom stereocenters. The first-order chi connectivity index (χ1) is 22.3. The number of anilines is 1. The van der Waals surface area contributed by atoms with Crippen LogP contribution in [0.4, 0.5) is 15.8 Å². The summed E-state index contributed by atoms with van der Waals surface area (Å²) in [4.78, 5) is 25.1. The van der Waals surface area contributed by atoms with Crippen molar-refractivity contribution in [2.24, 2.45) is 10.9 Å². The number of fused-ring (bicyclic) bond motifs is 2. The van der Waals surface area contributed by atoms with Gasteiger partial charge in [-0.2, -0.15) is 5.10 Å². The highest BCUT2D eigenvalue weighted by Crippen LogP contribution is 2.51. The Balaban J connectivity index is 0.00000142. The lowest BCUT2D eigenvalue weighted by Crippen LogP contribution is -2.37. The van der Waals surface area contributed by atoms with Crippen LogP contribution in [-0.2, 0) is 11.8 Å². The number of halogens is 1. The van der Waals surface area contributed by atoms with E-state index in [1.54, 1.807) is 18.5 Å². The number of hydrogen-bond acceptors (Lipinski definition) is 5. The Hall–Kier alpha value is -3.65. The summed E-state index contributed by atoms with van der Waals surface area (Å²) in [5.74, 6) is -0.0483. The number of aliphatic imine (C=N–C) groups is 1. The van der Waals surface area contributed by atoms with Crippen LogP contribution in [0.3, 0.4) is 0 Å². The Morgan fingerprint density at radius 3 is 2.48 bits per heavy atom. The fraction of sp³-hybridized carbons (Fsp3) is 0.526. The SMILES string of the molecule is CC.CC1=Nc2c(F)cc(C3=CCc4ncc(C(=O)Nc5cnn(C6CCN(C)CC6)c5)cc43)cc2C1(C)C1CCCCCCC1.[HH]. The quantitative estimate of drug-likeness (QED) is 0.307. The minimum absolute atomic E-state index is 0. The van der Waals surface area contributed by atoms with Crippen LogP contribution >= 0.6 is 0 Å². The Morgan fingerprint density at radius 2 is 1.74 bits per heavy atom. The molecule has 1 aromatic carbocycles. The zero-order valence-corrected chi connectivity index (χ0v) is 28.2. The van der Waals surface area contributed by atoms with Crippen LogP contribution in [0.2, 0.25) is 0 Å². The van der Waals surface area contributed by atoms with Crippen LogP contribution in [0.25, 0.3) is 5.57 Å². The molecule has 46 heavy (non-hydrogen) atoms. The number of likely N-dealkylation sites (tertiary alicyclic amines) is 1. The van der Waals surface area contributed by atoms with Crippen molar-refractivity contribution >= 4 is 28.6 Å². The average Bonchev–Trinajstić information content (AvgIpc) is 3.75. The van der Waals surface area contributed by atoms with Crippen LogP contribution < -0.4 is 5.32 Å². The van der Waals surface area contributed by atoms with Gasteiger partial charge in [0.2, 0.25) is 0 Å². The smallest absolute Gasteiger partial charge is 0.257 e. The number of pyridine rings is 1. The lowest BCUT2D eigenvalue weighted by molar-refractivity contribution is 0.102. The molecule has 2 aliphatic carbocycles. The number of benzene rings is 1. The molecule has 246 valence electrons. The molecule has 1 atom stereocenters. The largest absolute Gasteiger partial charge is 0.319 e. The van der Waals surface area contributed by atoms with Gasteiger partial charge in [-0.25, -0.2) is 4.39 Å².